The number of thioether (sulfide) groups is 1. The van der Waals surface area contributed by atoms with Crippen molar-refractivity contribution in [2.45, 2.75) is 33.2 Å². The maximum atomic E-state index is 13.0. The van der Waals surface area contributed by atoms with Crippen LogP contribution in [0.2, 0.25) is 0 Å². The highest BCUT2D eigenvalue weighted by atomic mass is 32.2. The summed E-state index contributed by atoms with van der Waals surface area (Å²) in [7, 11) is -2.32. The molecule has 1 aromatic rings. The smallest absolute Gasteiger partial charge is 0.366 e. The van der Waals surface area contributed by atoms with Gasteiger partial charge in [-0.2, -0.15) is 0 Å². The van der Waals surface area contributed by atoms with Gasteiger partial charge in [0.15, 0.2) is 0 Å². The van der Waals surface area contributed by atoms with Gasteiger partial charge in [-0.3, -0.25) is 14.4 Å². The van der Waals surface area contributed by atoms with Crippen molar-refractivity contribution in [1.29, 1.82) is 0 Å². The molecule has 0 amide bonds. The van der Waals surface area contributed by atoms with Gasteiger partial charge in [-0.25, -0.2) is 4.79 Å². The second kappa shape index (κ2) is 12.7. The molecule has 0 bridgehead atoms. The number of methoxy groups -OCH3 is 1. The lowest BCUT2D eigenvalue weighted by atomic mass is 10.2. The highest BCUT2D eigenvalue weighted by molar-refractivity contribution is 8.12. The standard InChI is InChI=1S/C18H26NO7PS/c1-5-25-27(22,26-6-2)17(19-13-28-12-14(3)20)18(21)24-11-15-7-9-16(23-4)10-8-15/h7-10,13,17H,5-6,11-12H2,1-4H3. The minimum Gasteiger partial charge on any atom is -0.497 e. The molecule has 0 spiro atoms. The molecule has 28 heavy (non-hydrogen) atoms. The topological polar surface area (TPSA) is 100 Å². The second-order valence-corrected chi connectivity index (χ2v) is 8.39. The Morgan fingerprint density at radius 1 is 1.18 bits per heavy atom. The summed E-state index contributed by atoms with van der Waals surface area (Å²) in [4.78, 5) is 27.7. The number of ether oxygens (including phenoxy) is 2. The van der Waals surface area contributed by atoms with E-state index in [1.807, 2.05) is 0 Å². The molecule has 0 aliphatic heterocycles. The van der Waals surface area contributed by atoms with E-state index in [9.17, 15) is 14.2 Å². The summed E-state index contributed by atoms with van der Waals surface area (Å²) in [5.74, 6) is -1.49. The van der Waals surface area contributed by atoms with Crippen LogP contribution >= 0.6 is 19.4 Å². The molecule has 0 aromatic heterocycles. The number of hydrogen-bond acceptors (Lipinski definition) is 9. The number of Topliss-reactive ketones (excluding diaryl/α,β-unsaturated/α-hetero) is 1. The van der Waals surface area contributed by atoms with Crippen LogP contribution in [0.3, 0.4) is 0 Å². The summed E-state index contributed by atoms with van der Waals surface area (Å²) < 4.78 is 33.9. The quantitative estimate of drug-likeness (QED) is 0.202. The van der Waals surface area contributed by atoms with Crippen LogP contribution in [0.1, 0.15) is 26.3 Å². The number of hydrogen-bond donors (Lipinski definition) is 0. The summed E-state index contributed by atoms with van der Waals surface area (Å²) in [6.45, 7) is 4.84. The minimum atomic E-state index is -3.87. The normalized spacial score (nSPS) is 12.7. The van der Waals surface area contributed by atoms with Crippen LogP contribution in [0.25, 0.3) is 0 Å². The number of esters is 1. The van der Waals surface area contributed by atoms with Crippen LogP contribution in [-0.2, 0) is 34.5 Å². The van der Waals surface area contributed by atoms with E-state index in [-0.39, 0.29) is 31.4 Å². The average Bonchev–Trinajstić information content (AvgIpc) is 2.66. The summed E-state index contributed by atoms with van der Waals surface area (Å²) in [5.41, 5.74) is 2.02. The van der Waals surface area contributed by atoms with Gasteiger partial charge in [0.1, 0.15) is 18.1 Å². The molecule has 0 aliphatic rings. The van der Waals surface area contributed by atoms with Gasteiger partial charge in [0.2, 0.25) is 5.78 Å². The Morgan fingerprint density at radius 3 is 2.29 bits per heavy atom. The molecule has 156 valence electrons. The first-order valence-corrected chi connectivity index (χ1v) is 11.3. The van der Waals surface area contributed by atoms with E-state index in [0.29, 0.717) is 5.75 Å². The van der Waals surface area contributed by atoms with Crippen LogP contribution < -0.4 is 4.74 Å². The Balaban J connectivity index is 2.91. The largest absolute Gasteiger partial charge is 0.497 e. The van der Waals surface area contributed by atoms with E-state index in [2.05, 4.69) is 4.99 Å². The molecule has 1 aromatic carbocycles. The maximum absolute atomic E-state index is 13.0. The van der Waals surface area contributed by atoms with Crippen LogP contribution in [-0.4, -0.2) is 49.2 Å². The SMILES string of the molecule is CCOP(=O)(OCC)C(N=CSCC(C)=O)C(=O)OCc1ccc(OC)cc1. The van der Waals surface area contributed by atoms with Crippen molar-refractivity contribution in [3.05, 3.63) is 29.8 Å². The first-order chi connectivity index (χ1) is 13.4. The van der Waals surface area contributed by atoms with E-state index in [0.717, 1.165) is 17.3 Å². The Labute approximate surface area is 169 Å². The fourth-order valence-corrected chi connectivity index (χ4v) is 4.26. The van der Waals surface area contributed by atoms with Crippen molar-refractivity contribution < 1.29 is 32.7 Å². The Bertz CT molecular complexity index is 698. The Morgan fingerprint density at radius 2 is 1.79 bits per heavy atom. The van der Waals surface area contributed by atoms with Crippen LogP contribution in [0.4, 0.5) is 0 Å². The number of nitrogens with zero attached hydrogens (tertiary/aromatic N) is 1. The van der Waals surface area contributed by atoms with E-state index in [4.69, 9.17) is 18.5 Å². The first-order valence-electron chi connectivity index (χ1n) is 8.67. The minimum absolute atomic E-state index is 0.0340. The molecule has 0 N–H and O–H groups in total. The third-order valence-corrected chi connectivity index (χ3v) is 6.26. The van der Waals surface area contributed by atoms with Crippen molar-refractivity contribution in [1.82, 2.24) is 0 Å². The number of carbonyl (C=O) groups is 2. The molecule has 0 saturated heterocycles. The molecule has 0 radical (unpaired) electrons. The zero-order valence-corrected chi connectivity index (χ0v) is 18.2. The second-order valence-electron chi connectivity index (χ2n) is 5.47. The van der Waals surface area contributed by atoms with Crippen molar-refractivity contribution in [2.75, 3.05) is 26.1 Å². The molecule has 0 saturated carbocycles. The summed E-state index contributed by atoms with van der Waals surface area (Å²) in [6, 6.07) is 6.97. The fraction of sp³-hybridized carbons (Fsp3) is 0.500. The van der Waals surface area contributed by atoms with E-state index in [1.165, 1.54) is 12.5 Å². The molecular weight excluding hydrogens is 405 g/mol. The predicted molar refractivity (Wildman–Crippen MR) is 109 cm³/mol. The lowest BCUT2D eigenvalue weighted by Crippen LogP contribution is -2.24. The lowest BCUT2D eigenvalue weighted by molar-refractivity contribution is -0.144. The average molecular weight is 431 g/mol. The van der Waals surface area contributed by atoms with Gasteiger partial charge >= 0.3 is 13.6 Å². The highest BCUT2D eigenvalue weighted by Crippen LogP contribution is 2.54. The monoisotopic (exact) mass is 431 g/mol. The molecule has 1 rings (SSSR count). The van der Waals surface area contributed by atoms with Gasteiger partial charge in [0, 0.05) is 0 Å². The van der Waals surface area contributed by atoms with Gasteiger partial charge < -0.3 is 18.5 Å². The molecule has 0 fully saturated rings. The summed E-state index contributed by atoms with van der Waals surface area (Å²) >= 11 is 1.08. The molecule has 1 atom stereocenters. The van der Waals surface area contributed by atoms with E-state index >= 15 is 0 Å². The summed E-state index contributed by atoms with van der Waals surface area (Å²) in [6.07, 6.45) is 0. The summed E-state index contributed by atoms with van der Waals surface area (Å²) in [5, 5.41) is 0. The number of rotatable bonds is 13. The van der Waals surface area contributed by atoms with Crippen molar-refractivity contribution in [3.8, 4) is 5.75 Å². The molecule has 0 aliphatic carbocycles. The number of carbonyl (C=O) groups excluding carboxylic acids is 2. The molecule has 10 heteroatoms. The lowest BCUT2D eigenvalue weighted by Gasteiger charge is -2.22. The molecule has 1 unspecified atom stereocenters. The Kier molecular flexibility index (Phi) is 11.1. The number of ketones is 1. The number of benzene rings is 1. The van der Waals surface area contributed by atoms with Gasteiger partial charge in [0.25, 0.3) is 0 Å². The first kappa shape index (κ1) is 24.4. The van der Waals surface area contributed by atoms with Crippen molar-refractivity contribution in [2.24, 2.45) is 4.99 Å². The Hall–Kier alpha value is -1.67. The van der Waals surface area contributed by atoms with Crippen molar-refractivity contribution >= 4 is 36.7 Å². The zero-order chi connectivity index (χ0) is 21.0. The van der Waals surface area contributed by atoms with E-state index < -0.39 is 19.3 Å². The van der Waals surface area contributed by atoms with Gasteiger partial charge in [-0.15, -0.1) is 11.8 Å². The predicted octanol–water partition coefficient (Wildman–Crippen LogP) is 3.68. The van der Waals surface area contributed by atoms with E-state index in [1.54, 1.807) is 45.2 Å². The van der Waals surface area contributed by atoms with Crippen LogP contribution in [0.5, 0.6) is 5.75 Å². The zero-order valence-electron chi connectivity index (χ0n) is 16.5. The third kappa shape index (κ3) is 8.14. The van der Waals surface area contributed by atoms with Crippen LogP contribution in [0.15, 0.2) is 29.3 Å². The van der Waals surface area contributed by atoms with Gasteiger partial charge in [0.05, 0.1) is 31.6 Å². The van der Waals surface area contributed by atoms with Gasteiger partial charge in [-0.05, 0) is 38.5 Å². The number of aliphatic imine (C=N–C) groups is 1. The third-order valence-electron chi connectivity index (χ3n) is 3.23. The van der Waals surface area contributed by atoms with Crippen LogP contribution in [0, 0.1) is 0 Å². The van der Waals surface area contributed by atoms with Crippen molar-refractivity contribution in [3.63, 3.8) is 0 Å². The molecule has 8 nitrogen and oxygen atoms in total. The molecular formula is C18H26NO7PS. The fourth-order valence-electron chi connectivity index (χ4n) is 2.02. The highest BCUT2D eigenvalue weighted by Gasteiger charge is 2.42. The molecule has 0 heterocycles. The van der Waals surface area contributed by atoms with Gasteiger partial charge in [-0.1, -0.05) is 12.1 Å². The maximum Gasteiger partial charge on any atom is 0.366 e.